The predicted octanol–water partition coefficient (Wildman–Crippen LogP) is 2.79. The minimum Gasteiger partial charge on any atom is -0.303 e. The first-order valence-corrected chi connectivity index (χ1v) is 4.42. The van der Waals surface area contributed by atoms with Crippen LogP contribution >= 0.6 is 0 Å². The molecular formula is C12H14O. The standard InChI is InChI=1S/C12H14O/c1-3-12(10(2)9-13)11-7-5-4-6-8-11/h3-10,12H,1H2,2H3/t10-,12+/m0/s1. The van der Waals surface area contributed by atoms with Gasteiger partial charge in [0.05, 0.1) is 0 Å². The van der Waals surface area contributed by atoms with Crippen molar-refractivity contribution in [2.45, 2.75) is 12.8 Å². The summed E-state index contributed by atoms with van der Waals surface area (Å²) in [6.07, 6.45) is 2.80. The van der Waals surface area contributed by atoms with Crippen molar-refractivity contribution in [1.82, 2.24) is 0 Å². The van der Waals surface area contributed by atoms with Crippen molar-refractivity contribution < 1.29 is 4.79 Å². The molecule has 0 heterocycles. The molecule has 0 aliphatic carbocycles. The lowest BCUT2D eigenvalue weighted by molar-refractivity contribution is -0.110. The number of hydrogen-bond acceptors (Lipinski definition) is 1. The third kappa shape index (κ3) is 2.28. The number of benzene rings is 1. The van der Waals surface area contributed by atoms with Gasteiger partial charge in [-0.2, -0.15) is 0 Å². The van der Waals surface area contributed by atoms with E-state index in [9.17, 15) is 4.79 Å². The second-order valence-electron chi connectivity index (χ2n) is 3.17. The van der Waals surface area contributed by atoms with Crippen molar-refractivity contribution in [2.75, 3.05) is 0 Å². The Morgan fingerprint density at radius 2 is 1.92 bits per heavy atom. The average Bonchev–Trinajstić information content (AvgIpc) is 2.20. The van der Waals surface area contributed by atoms with E-state index < -0.39 is 0 Å². The fourth-order valence-electron chi connectivity index (χ4n) is 1.41. The van der Waals surface area contributed by atoms with Gasteiger partial charge < -0.3 is 4.79 Å². The van der Waals surface area contributed by atoms with Gasteiger partial charge in [-0.3, -0.25) is 0 Å². The van der Waals surface area contributed by atoms with Crippen molar-refractivity contribution in [3.8, 4) is 0 Å². The summed E-state index contributed by atoms with van der Waals surface area (Å²) in [6.45, 7) is 5.66. The van der Waals surface area contributed by atoms with Crippen LogP contribution in [0.1, 0.15) is 18.4 Å². The van der Waals surface area contributed by atoms with Gasteiger partial charge in [0.15, 0.2) is 0 Å². The maximum atomic E-state index is 10.6. The molecule has 0 N–H and O–H groups in total. The highest BCUT2D eigenvalue weighted by atomic mass is 16.1. The van der Waals surface area contributed by atoms with Crippen LogP contribution in [0.3, 0.4) is 0 Å². The van der Waals surface area contributed by atoms with Crippen LogP contribution < -0.4 is 0 Å². The van der Waals surface area contributed by atoms with E-state index in [1.54, 1.807) is 0 Å². The molecule has 0 bridgehead atoms. The van der Waals surface area contributed by atoms with Crippen LogP contribution in [0.5, 0.6) is 0 Å². The molecule has 1 aromatic carbocycles. The predicted molar refractivity (Wildman–Crippen MR) is 54.6 cm³/mol. The topological polar surface area (TPSA) is 17.1 Å². The lowest BCUT2D eigenvalue weighted by Gasteiger charge is -2.15. The minimum atomic E-state index is -0.0000926. The summed E-state index contributed by atoms with van der Waals surface area (Å²) in [7, 11) is 0. The highest BCUT2D eigenvalue weighted by Crippen LogP contribution is 2.23. The van der Waals surface area contributed by atoms with Crippen molar-refractivity contribution >= 4 is 6.29 Å². The molecule has 0 aromatic heterocycles. The number of carbonyl (C=O) groups is 1. The molecule has 1 aromatic rings. The molecule has 0 aliphatic heterocycles. The van der Waals surface area contributed by atoms with Crippen molar-refractivity contribution in [3.05, 3.63) is 48.6 Å². The van der Waals surface area contributed by atoms with Crippen molar-refractivity contribution in [2.24, 2.45) is 5.92 Å². The summed E-state index contributed by atoms with van der Waals surface area (Å²) in [5.41, 5.74) is 1.15. The maximum Gasteiger partial charge on any atom is 0.123 e. The lowest BCUT2D eigenvalue weighted by Crippen LogP contribution is -2.08. The Kier molecular flexibility index (Phi) is 3.44. The van der Waals surface area contributed by atoms with Gasteiger partial charge >= 0.3 is 0 Å². The highest BCUT2D eigenvalue weighted by Gasteiger charge is 2.14. The monoisotopic (exact) mass is 174 g/mol. The summed E-state index contributed by atoms with van der Waals surface area (Å²) in [4.78, 5) is 10.6. The van der Waals surface area contributed by atoms with E-state index in [1.807, 2.05) is 43.3 Å². The molecule has 1 heteroatoms. The van der Waals surface area contributed by atoms with E-state index in [0.29, 0.717) is 0 Å². The Labute approximate surface area is 79.1 Å². The van der Waals surface area contributed by atoms with Gasteiger partial charge in [-0.1, -0.05) is 43.3 Å². The van der Waals surface area contributed by atoms with E-state index in [4.69, 9.17) is 0 Å². The molecule has 2 atom stereocenters. The van der Waals surface area contributed by atoms with Crippen LogP contribution in [0.15, 0.2) is 43.0 Å². The molecule has 0 saturated carbocycles. The molecule has 0 radical (unpaired) electrons. The molecule has 0 fully saturated rings. The highest BCUT2D eigenvalue weighted by molar-refractivity contribution is 5.56. The molecular weight excluding hydrogens is 160 g/mol. The van der Waals surface area contributed by atoms with Gasteiger partial charge in [-0.15, -0.1) is 6.58 Å². The zero-order chi connectivity index (χ0) is 9.68. The van der Waals surface area contributed by atoms with Gasteiger partial charge in [-0.05, 0) is 5.56 Å². The van der Waals surface area contributed by atoms with Gasteiger partial charge in [-0.25, -0.2) is 0 Å². The minimum absolute atomic E-state index is 0.0000926. The normalized spacial score (nSPS) is 14.5. The number of allylic oxidation sites excluding steroid dienone is 1. The number of hydrogen-bond donors (Lipinski definition) is 0. The van der Waals surface area contributed by atoms with Gasteiger partial charge in [0.2, 0.25) is 0 Å². The quantitative estimate of drug-likeness (QED) is 0.506. The Balaban J connectivity index is 2.90. The Morgan fingerprint density at radius 3 is 2.38 bits per heavy atom. The molecule has 1 rings (SSSR count). The van der Waals surface area contributed by atoms with Crippen molar-refractivity contribution in [3.63, 3.8) is 0 Å². The summed E-state index contributed by atoms with van der Waals surface area (Å²) < 4.78 is 0. The fourth-order valence-corrected chi connectivity index (χ4v) is 1.41. The van der Waals surface area contributed by atoms with Crippen LogP contribution in [0.2, 0.25) is 0 Å². The SMILES string of the molecule is C=C[C@@H](c1ccccc1)[C@@H](C)C=O. The Bertz CT molecular complexity index is 276. The molecule has 1 nitrogen and oxygen atoms in total. The number of carbonyl (C=O) groups excluding carboxylic acids is 1. The third-order valence-electron chi connectivity index (χ3n) is 2.22. The van der Waals surface area contributed by atoms with E-state index in [2.05, 4.69) is 6.58 Å². The van der Waals surface area contributed by atoms with Gasteiger partial charge in [0.25, 0.3) is 0 Å². The van der Waals surface area contributed by atoms with E-state index >= 15 is 0 Å². The molecule has 0 amide bonds. The van der Waals surface area contributed by atoms with Gasteiger partial charge in [0, 0.05) is 11.8 Å². The van der Waals surface area contributed by atoms with Gasteiger partial charge in [0.1, 0.15) is 6.29 Å². The molecule has 13 heavy (non-hydrogen) atoms. The van der Waals surface area contributed by atoms with Crippen LogP contribution in [0.4, 0.5) is 0 Å². The average molecular weight is 174 g/mol. The molecule has 0 aliphatic rings. The first-order valence-electron chi connectivity index (χ1n) is 4.42. The first-order chi connectivity index (χ1) is 6.29. The zero-order valence-electron chi connectivity index (χ0n) is 7.81. The smallest absolute Gasteiger partial charge is 0.123 e. The van der Waals surface area contributed by atoms with Crippen LogP contribution in [-0.2, 0) is 4.79 Å². The number of aldehydes is 1. The summed E-state index contributed by atoms with van der Waals surface area (Å²) in [5.74, 6) is 0.138. The molecule has 0 spiro atoms. The maximum absolute atomic E-state index is 10.6. The number of rotatable bonds is 4. The fraction of sp³-hybridized carbons (Fsp3) is 0.250. The third-order valence-corrected chi connectivity index (χ3v) is 2.22. The molecule has 0 unspecified atom stereocenters. The summed E-state index contributed by atoms with van der Waals surface area (Å²) >= 11 is 0. The van der Waals surface area contributed by atoms with Crippen LogP contribution in [0.25, 0.3) is 0 Å². The Hall–Kier alpha value is -1.37. The van der Waals surface area contributed by atoms with E-state index in [0.717, 1.165) is 11.8 Å². The second-order valence-corrected chi connectivity index (χ2v) is 3.17. The zero-order valence-corrected chi connectivity index (χ0v) is 7.81. The van der Waals surface area contributed by atoms with E-state index in [-0.39, 0.29) is 11.8 Å². The molecule has 0 saturated heterocycles. The lowest BCUT2D eigenvalue weighted by atomic mass is 9.88. The van der Waals surface area contributed by atoms with E-state index in [1.165, 1.54) is 0 Å². The summed E-state index contributed by atoms with van der Waals surface area (Å²) in [6, 6.07) is 9.96. The molecule has 68 valence electrons. The second kappa shape index (κ2) is 4.61. The summed E-state index contributed by atoms with van der Waals surface area (Å²) in [5, 5.41) is 0. The van der Waals surface area contributed by atoms with Crippen molar-refractivity contribution in [1.29, 1.82) is 0 Å². The largest absolute Gasteiger partial charge is 0.303 e. The van der Waals surface area contributed by atoms with Crippen LogP contribution in [-0.4, -0.2) is 6.29 Å². The van der Waals surface area contributed by atoms with Crippen LogP contribution in [0, 0.1) is 5.92 Å². The first kappa shape index (κ1) is 9.72. The Morgan fingerprint density at radius 1 is 1.31 bits per heavy atom.